The van der Waals surface area contributed by atoms with E-state index < -0.39 is 0 Å². The molecule has 0 atom stereocenters. The minimum absolute atomic E-state index is 0. The van der Waals surface area contributed by atoms with Gasteiger partial charge in [0.1, 0.15) is 0 Å². The van der Waals surface area contributed by atoms with Crippen LogP contribution in [-0.4, -0.2) is 46.9 Å². The van der Waals surface area contributed by atoms with Gasteiger partial charge in [-0.25, -0.2) is 4.99 Å². The number of morpholine rings is 1. The van der Waals surface area contributed by atoms with Gasteiger partial charge in [-0.15, -0.1) is 24.0 Å². The van der Waals surface area contributed by atoms with Crippen LogP contribution in [0.5, 0.6) is 0 Å². The summed E-state index contributed by atoms with van der Waals surface area (Å²) in [5.41, 5.74) is 8.17. The highest BCUT2D eigenvalue weighted by Crippen LogP contribution is 2.04. The summed E-state index contributed by atoms with van der Waals surface area (Å²) in [6.45, 7) is 4.30. The highest BCUT2D eigenvalue weighted by molar-refractivity contribution is 14.0. The molecule has 7 heteroatoms. The molecule has 1 saturated heterocycles. The summed E-state index contributed by atoms with van der Waals surface area (Å²) in [5, 5.41) is 4.53. The standard InChI is InChI=1S/C16H21N5O.HI/c17-16(20-8-10-22-11-9-20)18-12-15-6-7-21(19-15)13-14-4-2-1-3-5-14;/h1-7H,8-13H2,(H2,17,18);1H. The Labute approximate surface area is 153 Å². The average molecular weight is 427 g/mol. The van der Waals surface area contributed by atoms with Crippen molar-refractivity contribution in [1.82, 2.24) is 14.7 Å². The van der Waals surface area contributed by atoms with E-state index in [2.05, 4.69) is 22.2 Å². The Kier molecular flexibility index (Phi) is 6.85. The van der Waals surface area contributed by atoms with E-state index in [0.29, 0.717) is 25.7 Å². The van der Waals surface area contributed by atoms with Gasteiger partial charge in [0.15, 0.2) is 5.96 Å². The lowest BCUT2D eigenvalue weighted by Gasteiger charge is -2.27. The lowest BCUT2D eigenvalue weighted by atomic mass is 10.2. The van der Waals surface area contributed by atoms with Gasteiger partial charge in [0.25, 0.3) is 0 Å². The second-order valence-corrected chi connectivity index (χ2v) is 5.26. The van der Waals surface area contributed by atoms with Gasteiger partial charge in [0.05, 0.1) is 32.0 Å². The molecule has 1 aromatic carbocycles. The topological polar surface area (TPSA) is 68.7 Å². The van der Waals surface area contributed by atoms with Crippen LogP contribution in [0.25, 0.3) is 0 Å². The lowest BCUT2D eigenvalue weighted by molar-refractivity contribution is 0.0674. The number of guanidine groups is 1. The maximum absolute atomic E-state index is 6.01. The van der Waals surface area contributed by atoms with Crippen molar-refractivity contribution in [3.05, 3.63) is 53.9 Å². The Hall–Kier alpha value is -1.61. The van der Waals surface area contributed by atoms with Gasteiger partial charge in [-0.05, 0) is 11.6 Å². The highest BCUT2D eigenvalue weighted by atomic mass is 127. The van der Waals surface area contributed by atoms with Gasteiger partial charge in [-0.2, -0.15) is 5.10 Å². The molecule has 2 aromatic rings. The average Bonchev–Trinajstić information content (AvgIpc) is 3.02. The van der Waals surface area contributed by atoms with E-state index in [0.717, 1.165) is 25.3 Å². The zero-order chi connectivity index (χ0) is 15.2. The number of hydrogen-bond acceptors (Lipinski definition) is 3. The number of halogens is 1. The van der Waals surface area contributed by atoms with Crippen molar-refractivity contribution in [1.29, 1.82) is 0 Å². The van der Waals surface area contributed by atoms with Gasteiger partial charge >= 0.3 is 0 Å². The van der Waals surface area contributed by atoms with Crippen LogP contribution in [0.3, 0.4) is 0 Å². The van der Waals surface area contributed by atoms with E-state index >= 15 is 0 Å². The van der Waals surface area contributed by atoms with Crippen LogP contribution in [0.2, 0.25) is 0 Å². The number of benzene rings is 1. The molecule has 0 amide bonds. The number of hydrogen-bond donors (Lipinski definition) is 1. The van der Waals surface area contributed by atoms with E-state index in [4.69, 9.17) is 10.5 Å². The quantitative estimate of drug-likeness (QED) is 0.458. The Balaban J connectivity index is 0.00000192. The SMILES string of the molecule is I.NC(=NCc1ccn(Cc2ccccc2)n1)N1CCOCC1. The number of aliphatic imine (C=N–C) groups is 1. The number of aromatic nitrogens is 2. The molecule has 0 bridgehead atoms. The van der Waals surface area contributed by atoms with Gasteiger partial charge in [0.2, 0.25) is 0 Å². The molecular formula is C16H22IN5O. The summed E-state index contributed by atoms with van der Waals surface area (Å²) in [6.07, 6.45) is 1.97. The Morgan fingerprint density at radius 3 is 2.65 bits per heavy atom. The largest absolute Gasteiger partial charge is 0.378 e. The summed E-state index contributed by atoms with van der Waals surface area (Å²) in [5.74, 6) is 0.570. The fourth-order valence-electron chi connectivity index (χ4n) is 2.40. The van der Waals surface area contributed by atoms with Crippen LogP contribution in [0.4, 0.5) is 0 Å². The molecule has 3 rings (SSSR count). The van der Waals surface area contributed by atoms with E-state index in [9.17, 15) is 0 Å². The molecule has 23 heavy (non-hydrogen) atoms. The van der Waals surface area contributed by atoms with Gasteiger partial charge in [0, 0.05) is 19.3 Å². The van der Waals surface area contributed by atoms with Crippen LogP contribution in [0, 0.1) is 0 Å². The van der Waals surface area contributed by atoms with Crippen LogP contribution in [-0.2, 0) is 17.8 Å². The molecule has 6 nitrogen and oxygen atoms in total. The first-order valence-electron chi connectivity index (χ1n) is 7.50. The summed E-state index contributed by atoms with van der Waals surface area (Å²) in [6, 6.07) is 12.3. The Bertz CT molecular complexity index is 622. The van der Waals surface area contributed by atoms with Crippen LogP contribution in [0.1, 0.15) is 11.3 Å². The molecule has 2 heterocycles. The number of ether oxygens (including phenoxy) is 1. The van der Waals surface area contributed by atoms with Crippen molar-refractivity contribution < 1.29 is 4.74 Å². The normalized spacial score (nSPS) is 15.3. The molecule has 1 fully saturated rings. The fourth-order valence-corrected chi connectivity index (χ4v) is 2.40. The highest BCUT2D eigenvalue weighted by Gasteiger charge is 2.12. The first kappa shape index (κ1) is 17.7. The summed E-state index contributed by atoms with van der Waals surface area (Å²) < 4.78 is 7.23. The monoisotopic (exact) mass is 427 g/mol. The van der Waals surface area contributed by atoms with Gasteiger partial charge in [-0.3, -0.25) is 4.68 Å². The van der Waals surface area contributed by atoms with Crippen LogP contribution in [0.15, 0.2) is 47.6 Å². The zero-order valence-electron chi connectivity index (χ0n) is 13.0. The van der Waals surface area contributed by atoms with Crippen LogP contribution < -0.4 is 5.73 Å². The van der Waals surface area contributed by atoms with Crippen LogP contribution >= 0.6 is 24.0 Å². The van der Waals surface area contributed by atoms with E-state index in [1.165, 1.54) is 5.56 Å². The first-order valence-corrected chi connectivity index (χ1v) is 7.50. The predicted octanol–water partition coefficient (Wildman–Crippen LogP) is 1.70. The molecule has 0 unspecified atom stereocenters. The molecule has 124 valence electrons. The summed E-state index contributed by atoms with van der Waals surface area (Å²) in [4.78, 5) is 6.47. The van der Waals surface area contributed by atoms with Crippen molar-refractivity contribution in [2.45, 2.75) is 13.1 Å². The molecular weight excluding hydrogens is 405 g/mol. The van der Waals surface area contributed by atoms with Crippen molar-refractivity contribution in [3.8, 4) is 0 Å². The minimum atomic E-state index is 0. The molecule has 1 aliphatic rings. The molecule has 0 saturated carbocycles. The van der Waals surface area contributed by atoms with E-state index in [-0.39, 0.29) is 24.0 Å². The van der Waals surface area contributed by atoms with E-state index in [1.807, 2.05) is 40.0 Å². The second kappa shape index (κ2) is 8.88. The third-order valence-corrected chi connectivity index (χ3v) is 3.62. The first-order chi connectivity index (χ1) is 10.8. The molecule has 0 aliphatic carbocycles. The zero-order valence-corrected chi connectivity index (χ0v) is 15.3. The Morgan fingerprint density at radius 1 is 1.17 bits per heavy atom. The van der Waals surface area contributed by atoms with Crippen molar-refractivity contribution in [2.24, 2.45) is 10.7 Å². The fraction of sp³-hybridized carbons (Fsp3) is 0.375. The maximum atomic E-state index is 6.01. The smallest absolute Gasteiger partial charge is 0.191 e. The maximum Gasteiger partial charge on any atom is 0.191 e. The molecule has 0 spiro atoms. The Morgan fingerprint density at radius 2 is 1.91 bits per heavy atom. The predicted molar refractivity (Wildman–Crippen MR) is 101 cm³/mol. The van der Waals surface area contributed by atoms with E-state index in [1.54, 1.807) is 0 Å². The van der Waals surface area contributed by atoms with Crippen molar-refractivity contribution >= 4 is 29.9 Å². The summed E-state index contributed by atoms with van der Waals surface area (Å²) in [7, 11) is 0. The number of nitrogens with two attached hydrogens (primary N) is 1. The molecule has 1 aromatic heterocycles. The molecule has 1 aliphatic heterocycles. The minimum Gasteiger partial charge on any atom is -0.378 e. The molecule has 2 N–H and O–H groups in total. The third-order valence-electron chi connectivity index (χ3n) is 3.62. The number of nitrogens with zero attached hydrogens (tertiary/aromatic N) is 4. The van der Waals surface area contributed by atoms with Gasteiger partial charge < -0.3 is 15.4 Å². The second-order valence-electron chi connectivity index (χ2n) is 5.26. The van der Waals surface area contributed by atoms with Crippen molar-refractivity contribution in [2.75, 3.05) is 26.3 Å². The molecule has 0 radical (unpaired) electrons. The number of rotatable bonds is 4. The summed E-state index contributed by atoms with van der Waals surface area (Å²) >= 11 is 0. The lowest BCUT2D eigenvalue weighted by Crippen LogP contribution is -2.44. The van der Waals surface area contributed by atoms with Crippen molar-refractivity contribution in [3.63, 3.8) is 0 Å². The third kappa shape index (κ3) is 5.21. The van der Waals surface area contributed by atoms with Gasteiger partial charge in [-0.1, -0.05) is 30.3 Å².